The largest absolute Gasteiger partial charge is 0.383 e. The minimum absolute atomic E-state index is 0.582. The van der Waals surface area contributed by atoms with E-state index in [9.17, 15) is 5.26 Å². The average Bonchev–Trinajstić information content (AvgIpc) is 3.15. The molecule has 1 aliphatic carbocycles. The predicted octanol–water partition coefficient (Wildman–Crippen LogP) is 2.94. The molecule has 0 spiro atoms. The smallest absolute Gasteiger partial charge is 0.101 e. The van der Waals surface area contributed by atoms with Crippen molar-refractivity contribution in [3.63, 3.8) is 0 Å². The van der Waals surface area contributed by atoms with Crippen LogP contribution in [0.1, 0.15) is 18.4 Å². The van der Waals surface area contributed by atoms with Crippen LogP contribution in [0.25, 0.3) is 0 Å². The third-order valence-electron chi connectivity index (χ3n) is 2.91. The zero-order valence-electron chi connectivity index (χ0n) is 9.82. The lowest BCUT2D eigenvalue weighted by molar-refractivity contribution is 0.205. The molecule has 0 unspecified atom stereocenters. The SMILES string of the molecule is COCCN(c1ccc(Br)cc1C#N)C1CC1. The molecule has 1 aromatic rings. The molecule has 2 rings (SSSR count). The molecule has 0 amide bonds. The van der Waals surface area contributed by atoms with Crippen LogP contribution in [-0.2, 0) is 4.74 Å². The van der Waals surface area contributed by atoms with Crippen molar-refractivity contribution in [3.05, 3.63) is 28.2 Å². The lowest BCUT2D eigenvalue weighted by atomic mass is 10.1. The van der Waals surface area contributed by atoms with Crippen LogP contribution >= 0.6 is 15.9 Å². The van der Waals surface area contributed by atoms with E-state index in [4.69, 9.17) is 4.74 Å². The summed E-state index contributed by atoms with van der Waals surface area (Å²) in [6.07, 6.45) is 2.43. The first kappa shape index (κ1) is 12.4. The number of rotatable bonds is 5. The van der Waals surface area contributed by atoms with E-state index in [1.54, 1.807) is 7.11 Å². The maximum atomic E-state index is 9.19. The van der Waals surface area contributed by atoms with Gasteiger partial charge in [-0.15, -0.1) is 0 Å². The Morgan fingerprint density at radius 2 is 2.29 bits per heavy atom. The number of nitriles is 1. The van der Waals surface area contributed by atoms with E-state index in [-0.39, 0.29) is 0 Å². The Labute approximate surface area is 110 Å². The molecule has 0 N–H and O–H groups in total. The highest BCUT2D eigenvalue weighted by atomic mass is 79.9. The fourth-order valence-electron chi connectivity index (χ4n) is 1.92. The molecule has 0 aromatic heterocycles. The van der Waals surface area contributed by atoms with Gasteiger partial charge in [0, 0.05) is 24.2 Å². The average molecular weight is 295 g/mol. The van der Waals surface area contributed by atoms with Crippen LogP contribution in [0.4, 0.5) is 5.69 Å². The van der Waals surface area contributed by atoms with Crippen molar-refractivity contribution >= 4 is 21.6 Å². The van der Waals surface area contributed by atoms with E-state index in [0.29, 0.717) is 12.6 Å². The van der Waals surface area contributed by atoms with E-state index >= 15 is 0 Å². The quantitative estimate of drug-likeness (QED) is 0.838. The van der Waals surface area contributed by atoms with E-state index in [1.165, 1.54) is 12.8 Å². The molecule has 0 saturated heterocycles. The Bertz CT molecular complexity index is 438. The molecule has 1 aromatic carbocycles. The minimum atomic E-state index is 0.582. The predicted molar refractivity (Wildman–Crippen MR) is 71.1 cm³/mol. The van der Waals surface area contributed by atoms with Gasteiger partial charge < -0.3 is 9.64 Å². The highest BCUT2D eigenvalue weighted by Gasteiger charge is 2.30. The van der Waals surface area contributed by atoms with Gasteiger partial charge in [0.25, 0.3) is 0 Å². The molecule has 0 radical (unpaired) electrons. The molecule has 17 heavy (non-hydrogen) atoms. The van der Waals surface area contributed by atoms with Crippen molar-refractivity contribution in [3.8, 4) is 6.07 Å². The minimum Gasteiger partial charge on any atom is -0.383 e. The first-order valence-corrected chi connectivity index (χ1v) is 6.51. The molecule has 1 fully saturated rings. The molecule has 0 aliphatic heterocycles. The van der Waals surface area contributed by atoms with E-state index in [2.05, 4.69) is 26.9 Å². The molecular formula is C13H15BrN2O. The van der Waals surface area contributed by atoms with Crippen LogP contribution in [0.2, 0.25) is 0 Å². The van der Waals surface area contributed by atoms with E-state index < -0.39 is 0 Å². The highest BCUT2D eigenvalue weighted by molar-refractivity contribution is 9.10. The van der Waals surface area contributed by atoms with Crippen LogP contribution in [-0.4, -0.2) is 26.3 Å². The van der Waals surface area contributed by atoms with Gasteiger partial charge in [-0.3, -0.25) is 0 Å². The maximum Gasteiger partial charge on any atom is 0.101 e. The molecule has 0 heterocycles. The highest BCUT2D eigenvalue weighted by Crippen LogP contribution is 2.34. The summed E-state index contributed by atoms with van der Waals surface area (Å²) in [6, 6.07) is 8.71. The second kappa shape index (κ2) is 5.52. The zero-order valence-corrected chi connectivity index (χ0v) is 11.4. The van der Waals surface area contributed by atoms with Crippen LogP contribution in [0.15, 0.2) is 22.7 Å². The second-order valence-electron chi connectivity index (χ2n) is 4.19. The summed E-state index contributed by atoms with van der Waals surface area (Å²) < 4.78 is 6.08. The Hall–Kier alpha value is -1.05. The Morgan fingerprint density at radius 3 is 2.88 bits per heavy atom. The van der Waals surface area contributed by atoms with Crippen LogP contribution in [0.5, 0.6) is 0 Å². The van der Waals surface area contributed by atoms with Gasteiger partial charge in [-0.1, -0.05) is 15.9 Å². The van der Waals surface area contributed by atoms with Gasteiger partial charge in [-0.25, -0.2) is 0 Å². The third kappa shape index (κ3) is 2.99. The molecule has 0 bridgehead atoms. The number of anilines is 1. The summed E-state index contributed by atoms with van der Waals surface area (Å²) in [5, 5.41) is 9.19. The number of halogens is 1. The fraction of sp³-hybridized carbons (Fsp3) is 0.462. The van der Waals surface area contributed by atoms with Gasteiger partial charge in [0.15, 0.2) is 0 Å². The van der Waals surface area contributed by atoms with Crippen molar-refractivity contribution in [1.29, 1.82) is 5.26 Å². The standard InChI is InChI=1S/C13H15BrN2O/c1-17-7-6-16(12-3-4-12)13-5-2-11(14)8-10(13)9-15/h2,5,8,12H,3-4,6-7H2,1H3. The number of nitrogens with zero attached hydrogens (tertiary/aromatic N) is 2. The van der Waals surface area contributed by atoms with Gasteiger partial charge in [-0.05, 0) is 31.0 Å². The summed E-state index contributed by atoms with van der Waals surface area (Å²) in [6.45, 7) is 1.54. The number of ether oxygens (including phenoxy) is 1. The van der Waals surface area contributed by atoms with Crippen molar-refractivity contribution in [1.82, 2.24) is 0 Å². The van der Waals surface area contributed by atoms with Gasteiger partial charge in [0.2, 0.25) is 0 Å². The lowest BCUT2D eigenvalue weighted by Gasteiger charge is -2.25. The summed E-state index contributed by atoms with van der Waals surface area (Å²) in [7, 11) is 1.71. The summed E-state index contributed by atoms with van der Waals surface area (Å²) in [5.74, 6) is 0. The first-order valence-electron chi connectivity index (χ1n) is 5.71. The van der Waals surface area contributed by atoms with Gasteiger partial charge in [-0.2, -0.15) is 5.26 Å². The number of methoxy groups -OCH3 is 1. The fourth-order valence-corrected chi connectivity index (χ4v) is 2.28. The maximum absolute atomic E-state index is 9.19. The molecule has 90 valence electrons. The van der Waals surface area contributed by atoms with Crippen LogP contribution < -0.4 is 4.90 Å². The Morgan fingerprint density at radius 1 is 1.53 bits per heavy atom. The molecule has 0 atom stereocenters. The van der Waals surface area contributed by atoms with E-state index in [1.807, 2.05) is 18.2 Å². The topological polar surface area (TPSA) is 36.3 Å². The molecular weight excluding hydrogens is 280 g/mol. The Kier molecular flexibility index (Phi) is 4.03. The monoisotopic (exact) mass is 294 g/mol. The third-order valence-corrected chi connectivity index (χ3v) is 3.41. The van der Waals surface area contributed by atoms with Crippen molar-refractivity contribution in [2.45, 2.75) is 18.9 Å². The second-order valence-corrected chi connectivity index (χ2v) is 5.11. The van der Waals surface area contributed by atoms with Gasteiger partial charge in [0.05, 0.1) is 17.9 Å². The zero-order chi connectivity index (χ0) is 12.3. The van der Waals surface area contributed by atoms with Crippen molar-refractivity contribution in [2.75, 3.05) is 25.2 Å². The summed E-state index contributed by atoms with van der Waals surface area (Å²) in [5.41, 5.74) is 1.75. The van der Waals surface area contributed by atoms with Crippen molar-refractivity contribution in [2.24, 2.45) is 0 Å². The number of hydrogen-bond acceptors (Lipinski definition) is 3. The van der Waals surface area contributed by atoms with Crippen LogP contribution in [0.3, 0.4) is 0 Å². The molecule has 1 saturated carbocycles. The molecule has 1 aliphatic rings. The summed E-state index contributed by atoms with van der Waals surface area (Å²) in [4.78, 5) is 2.29. The first-order chi connectivity index (χ1) is 8.26. The Balaban J connectivity index is 2.25. The lowest BCUT2D eigenvalue weighted by Crippen LogP contribution is -2.30. The number of benzene rings is 1. The van der Waals surface area contributed by atoms with Crippen LogP contribution in [0, 0.1) is 11.3 Å². The van der Waals surface area contributed by atoms with Gasteiger partial charge >= 0.3 is 0 Å². The normalized spacial score (nSPS) is 14.4. The van der Waals surface area contributed by atoms with E-state index in [0.717, 1.165) is 22.3 Å². The summed E-state index contributed by atoms with van der Waals surface area (Å²) >= 11 is 3.40. The molecule has 4 heteroatoms. The number of hydrogen-bond donors (Lipinski definition) is 0. The molecule has 3 nitrogen and oxygen atoms in total. The van der Waals surface area contributed by atoms with Gasteiger partial charge in [0.1, 0.15) is 6.07 Å². The van der Waals surface area contributed by atoms with Crippen molar-refractivity contribution < 1.29 is 4.74 Å².